The molecule has 4 rings (SSSR count). The summed E-state index contributed by atoms with van der Waals surface area (Å²) in [6, 6.07) is 0. The zero-order valence-corrected chi connectivity index (χ0v) is 14.7. The lowest BCUT2D eigenvalue weighted by Gasteiger charge is -2.41. The summed E-state index contributed by atoms with van der Waals surface area (Å²) < 4.78 is 38.0. The molecule has 0 aromatic carbocycles. The van der Waals surface area contributed by atoms with Crippen LogP contribution in [-0.4, -0.2) is 79.3 Å². The highest BCUT2D eigenvalue weighted by Crippen LogP contribution is 2.45. The number of nitrogens with zero attached hydrogens (tertiary/aromatic N) is 2. The van der Waals surface area contributed by atoms with Crippen molar-refractivity contribution in [3.05, 3.63) is 0 Å². The molecule has 1 amide bonds. The topological polar surface area (TPSA) is 42.0 Å². The molecule has 142 valence electrons. The van der Waals surface area contributed by atoms with Crippen LogP contribution in [0.25, 0.3) is 0 Å². The molecule has 3 aliphatic heterocycles. The summed E-state index contributed by atoms with van der Waals surface area (Å²) in [6.07, 6.45) is 3.61. The molecule has 7 heteroatoms. The molecular formula is C18H28F2N2O3. The molecule has 0 radical (unpaired) electrons. The van der Waals surface area contributed by atoms with Gasteiger partial charge in [-0.2, -0.15) is 0 Å². The van der Waals surface area contributed by atoms with Gasteiger partial charge >= 0.3 is 0 Å². The maximum Gasteiger partial charge on any atom is 0.249 e. The Morgan fingerprint density at radius 1 is 1.12 bits per heavy atom. The molecule has 3 heterocycles. The summed E-state index contributed by atoms with van der Waals surface area (Å²) in [5.74, 6) is -3.22. The van der Waals surface area contributed by atoms with E-state index in [9.17, 15) is 13.6 Å². The lowest BCUT2D eigenvalue weighted by molar-refractivity contribution is -0.163. The van der Waals surface area contributed by atoms with Crippen molar-refractivity contribution < 1.29 is 23.0 Å². The van der Waals surface area contributed by atoms with Crippen molar-refractivity contribution in [1.82, 2.24) is 9.80 Å². The van der Waals surface area contributed by atoms with E-state index in [4.69, 9.17) is 9.47 Å². The minimum absolute atomic E-state index is 0.0956. The van der Waals surface area contributed by atoms with E-state index < -0.39 is 11.8 Å². The first kappa shape index (κ1) is 17.6. The fourth-order valence-corrected chi connectivity index (χ4v) is 4.75. The van der Waals surface area contributed by atoms with Crippen LogP contribution in [0.4, 0.5) is 8.78 Å². The van der Waals surface area contributed by atoms with Crippen molar-refractivity contribution in [2.45, 2.75) is 56.2 Å². The summed E-state index contributed by atoms with van der Waals surface area (Å²) >= 11 is 0. The van der Waals surface area contributed by atoms with Gasteiger partial charge in [0.05, 0.1) is 24.9 Å². The smallest absolute Gasteiger partial charge is 0.249 e. The summed E-state index contributed by atoms with van der Waals surface area (Å²) in [6.45, 7) is 5.62. The largest absolute Gasteiger partial charge is 0.379 e. The van der Waals surface area contributed by atoms with Crippen LogP contribution in [0, 0.1) is 5.92 Å². The number of hydrogen-bond donors (Lipinski definition) is 0. The van der Waals surface area contributed by atoms with E-state index in [2.05, 4.69) is 4.90 Å². The Morgan fingerprint density at radius 2 is 1.88 bits per heavy atom. The number of halogens is 2. The Bertz CT molecular complexity index is 505. The van der Waals surface area contributed by atoms with Crippen molar-refractivity contribution in [3.63, 3.8) is 0 Å². The second-order valence-corrected chi connectivity index (χ2v) is 8.20. The number of carbonyl (C=O) groups excluding carboxylic acids is 1. The van der Waals surface area contributed by atoms with Crippen molar-refractivity contribution in [2.24, 2.45) is 5.92 Å². The third-order valence-electron chi connectivity index (χ3n) is 6.21. The minimum Gasteiger partial charge on any atom is -0.379 e. The van der Waals surface area contributed by atoms with Gasteiger partial charge in [-0.1, -0.05) is 0 Å². The summed E-state index contributed by atoms with van der Waals surface area (Å²) in [7, 11) is 0. The molecule has 1 saturated carbocycles. The van der Waals surface area contributed by atoms with Crippen LogP contribution in [0.1, 0.15) is 38.5 Å². The molecular weight excluding hydrogens is 330 g/mol. The van der Waals surface area contributed by atoms with Gasteiger partial charge in [-0.3, -0.25) is 9.69 Å². The molecule has 1 spiro atoms. The first-order chi connectivity index (χ1) is 11.9. The molecule has 5 nitrogen and oxygen atoms in total. The fraction of sp³-hybridized carbons (Fsp3) is 0.944. The van der Waals surface area contributed by atoms with Gasteiger partial charge < -0.3 is 14.4 Å². The second kappa shape index (κ2) is 6.74. The summed E-state index contributed by atoms with van der Waals surface area (Å²) in [5.41, 5.74) is -0.253. The molecule has 4 fully saturated rings. The van der Waals surface area contributed by atoms with Crippen LogP contribution in [-0.2, 0) is 14.3 Å². The molecule has 0 bridgehead atoms. The highest BCUT2D eigenvalue weighted by atomic mass is 19.3. The van der Waals surface area contributed by atoms with Crippen LogP contribution < -0.4 is 0 Å². The van der Waals surface area contributed by atoms with E-state index in [0.717, 1.165) is 58.5 Å². The van der Waals surface area contributed by atoms with Crippen LogP contribution in [0.5, 0.6) is 0 Å². The Morgan fingerprint density at radius 3 is 2.60 bits per heavy atom. The number of hydrogen-bond acceptors (Lipinski definition) is 4. The van der Waals surface area contributed by atoms with Gasteiger partial charge in [0.2, 0.25) is 11.8 Å². The zero-order valence-electron chi connectivity index (χ0n) is 14.7. The number of alkyl halides is 2. The first-order valence-electron chi connectivity index (χ1n) is 9.59. The molecule has 0 aromatic rings. The van der Waals surface area contributed by atoms with E-state index >= 15 is 0 Å². The molecule has 0 N–H and O–H groups in total. The average Bonchev–Trinajstić information content (AvgIpc) is 2.96. The molecule has 0 unspecified atom stereocenters. The van der Waals surface area contributed by atoms with Crippen molar-refractivity contribution in [2.75, 3.05) is 45.9 Å². The van der Waals surface area contributed by atoms with E-state index in [-0.39, 0.29) is 30.5 Å². The standard InChI is InChI=1S/C18H28F2N2O3/c19-18(20)10-14(11-18)16(23)22-5-4-17(13-22)3-1-2-15(25-17)12-21-6-8-24-9-7-21/h14-15H,1-13H2/t15-,17-/m1/s1. The predicted molar refractivity (Wildman–Crippen MR) is 87.6 cm³/mol. The number of rotatable bonds is 3. The molecule has 2 atom stereocenters. The third kappa shape index (κ3) is 3.83. The van der Waals surface area contributed by atoms with Gasteiger partial charge in [0.15, 0.2) is 0 Å². The van der Waals surface area contributed by atoms with Gasteiger partial charge in [-0.25, -0.2) is 8.78 Å². The normalized spacial score (nSPS) is 36.6. The number of morpholine rings is 1. The van der Waals surface area contributed by atoms with Gasteiger partial charge in [0.1, 0.15) is 0 Å². The second-order valence-electron chi connectivity index (χ2n) is 8.20. The number of ether oxygens (including phenoxy) is 2. The lowest BCUT2D eigenvalue weighted by Crippen LogP contribution is -2.50. The van der Waals surface area contributed by atoms with E-state index in [1.165, 1.54) is 0 Å². The van der Waals surface area contributed by atoms with Crippen molar-refractivity contribution in [1.29, 1.82) is 0 Å². The van der Waals surface area contributed by atoms with E-state index in [1.807, 2.05) is 0 Å². The van der Waals surface area contributed by atoms with Crippen LogP contribution in [0.2, 0.25) is 0 Å². The quantitative estimate of drug-likeness (QED) is 0.773. The predicted octanol–water partition coefficient (Wildman–Crippen LogP) is 1.90. The Labute approximate surface area is 147 Å². The van der Waals surface area contributed by atoms with Gasteiger partial charge in [-0.05, 0) is 25.7 Å². The Kier molecular flexibility index (Phi) is 4.75. The SMILES string of the molecule is O=C(C1CC(F)(F)C1)N1CC[C@]2(CCC[C@H](CN3CCOCC3)O2)C1. The highest BCUT2D eigenvalue weighted by molar-refractivity contribution is 5.80. The Balaban J connectivity index is 1.30. The lowest BCUT2D eigenvalue weighted by atomic mass is 9.80. The minimum atomic E-state index is -2.64. The van der Waals surface area contributed by atoms with Crippen LogP contribution >= 0.6 is 0 Å². The maximum atomic E-state index is 13.0. The average molecular weight is 358 g/mol. The summed E-state index contributed by atoms with van der Waals surface area (Å²) in [5, 5.41) is 0. The third-order valence-corrected chi connectivity index (χ3v) is 6.21. The number of likely N-dealkylation sites (tertiary alicyclic amines) is 1. The molecule has 3 saturated heterocycles. The highest BCUT2D eigenvalue weighted by Gasteiger charge is 2.52. The molecule has 4 aliphatic rings. The number of amides is 1. The summed E-state index contributed by atoms with van der Waals surface area (Å²) in [4.78, 5) is 16.6. The zero-order chi connectivity index (χ0) is 17.5. The van der Waals surface area contributed by atoms with Gasteiger partial charge in [0.25, 0.3) is 0 Å². The van der Waals surface area contributed by atoms with Gasteiger partial charge in [0, 0.05) is 51.5 Å². The van der Waals surface area contributed by atoms with E-state index in [0.29, 0.717) is 13.1 Å². The molecule has 25 heavy (non-hydrogen) atoms. The first-order valence-corrected chi connectivity index (χ1v) is 9.59. The van der Waals surface area contributed by atoms with Crippen molar-refractivity contribution in [3.8, 4) is 0 Å². The van der Waals surface area contributed by atoms with Crippen LogP contribution in [0.3, 0.4) is 0 Å². The molecule has 1 aliphatic carbocycles. The van der Waals surface area contributed by atoms with Gasteiger partial charge in [-0.15, -0.1) is 0 Å². The van der Waals surface area contributed by atoms with Crippen molar-refractivity contribution >= 4 is 5.91 Å². The molecule has 0 aromatic heterocycles. The van der Waals surface area contributed by atoms with Crippen LogP contribution in [0.15, 0.2) is 0 Å². The fourth-order valence-electron chi connectivity index (χ4n) is 4.75. The Hall–Kier alpha value is -0.790. The number of carbonyl (C=O) groups is 1. The van der Waals surface area contributed by atoms with E-state index in [1.54, 1.807) is 4.90 Å². The monoisotopic (exact) mass is 358 g/mol. The maximum absolute atomic E-state index is 13.0.